The first kappa shape index (κ1) is 23.7. The summed E-state index contributed by atoms with van der Waals surface area (Å²) >= 11 is 0. The summed E-state index contributed by atoms with van der Waals surface area (Å²) in [4.78, 5) is 13.1. The molecular weight excluding hydrogens is 450 g/mol. The topological polar surface area (TPSA) is 64.1 Å². The van der Waals surface area contributed by atoms with Crippen molar-refractivity contribution < 1.29 is 27.1 Å². The van der Waals surface area contributed by atoms with Gasteiger partial charge in [-0.3, -0.25) is 4.79 Å². The number of carbonyl (C=O) groups is 1. The van der Waals surface area contributed by atoms with Gasteiger partial charge in [0.25, 0.3) is 11.8 Å². The maximum absolute atomic E-state index is 14.9. The molecule has 1 heterocycles. The fourth-order valence-corrected chi connectivity index (χ4v) is 4.10. The zero-order chi connectivity index (χ0) is 24.5. The Kier molecular flexibility index (Phi) is 6.54. The predicted octanol–water partition coefficient (Wildman–Crippen LogP) is 5.83. The molecule has 0 aliphatic heterocycles. The molecule has 0 radical (unpaired) electrons. The molecule has 0 bridgehead atoms. The monoisotopic (exact) mass is 473 g/mol. The van der Waals surface area contributed by atoms with Crippen LogP contribution in [0.5, 0.6) is 11.6 Å². The van der Waals surface area contributed by atoms with E-state index in [1.807, 2.05) is 13.0 Å². The molecule has 3 aromatic rings. The van der Waals surface area contributed by atoms with Gasteiger partial charge in [-0.05, 0) is 68.0 Å². The highest BCUT2D eigenvalue weighted by Gasteiger charge is 2.31. The van der Waals surface area contributed by atoms with Crippen LogP contribution < -0.4 is 10.1 Å². The smallest absolute Gasteiger partial charge is 0.416 e. The highest BCUT2D eigenvalue weighted by Crippen LogP contribution is 2.35. The number of rotatable bonds is 6. The zero-order valence-electron chi connectivity index (χ0n) is 18.7. The van der Waals surface area contributed by atoms with Gasteiger partial charge in [0.2, 0.25) is 0 Å². The Balaban J connectivity index is 1.58. The third-order valence-electron chi connectivity index (χ3n) is 5.77. The van der Waals surface area contributed by atoms with Gasteiger partial charge in [0.15, 0.2) is 0 Å². The molecule has 34 heavy (non-hydrogen) atoms. The van der Waals surface area contributed by atoms with Gasteiger partial charge < -0.3 is 10.1 Å². The van der Waals surface area contributed by atoms with Gasteiger partial charge in [0.05, 0.1) is 17.8 Å². The van der Waals surface area contributed by atoms with Crippen LogP contribution in [0, 0.1) is 13.8 Å². The number of aryl methyl sites for hydroxylation is 3. The lowest BCUT2D eigenvalue weighted by molar-refractivity contribution is -0.137. The van der Waals surface area contributed by atoms with E-state index >= 15 is 0 Å². The summed E-state index contributed by atoms with van der Waals surface area (Å²) < 4.78 is 59.7. The maximum Gasteiger partial charge on any atom is 0.416 e. The van der Waals surface area contributed by atoms with Crippen molar-refractivity contribution in [1.29, 1.82) is 0 Å². The Labute approximate surface area is 194 Å². The summed E-state index contributed by atoms with van der Waals surface area (Å²) in [5, 5.41) is 10.6. The van der Waals surface area contributed by atoms with Gasteiger partial charge in [-0.25, -0.2) is 4.39 Å². The Morgan fingerprint density at radius 2 is 1.91 bits per heavy atom. The number of fused-ring (bicyclic) bond motifs is 1. The highest BCUT2D eigenvalue weighted by molar-refractivity contribution is 5.98. The molecule has 1 aliphatic carbocycles. The van der Waals surface area contributed by atoms with E-state index in [9.17, 15) is 22.4 Å². The number of carbonyl (C=O) groups excluding carboxylic acids is 1. The number of hydrogen-bond acceptors (Lipinski definition) is 4. The van der Waals surface area contributed by atoms with Crippen molar-refractivity contribution in [1.82, 2.24) is 15.5 Å². The van der Waals surface area contributed by atoms with E-state index in [-0.39, 0.29) is 23.7 Å². The van der Waals surface area contributed by atoms with Crippen molar-refractivity contribution in [3.8, 4) is 11.6 Å². The van der Waals surface area contributed by atoms with Crippen molar-refractivity contribution in [3.63, 3.8) is 0 Å². The average Bonchev–Trinajstić information content (AvgIpc) is 3.25. The van der Waals surface area contributed by atoms with Crippen molar-refractivity contribution in [2.24, 2.45) is 0 Å². The third-order valence-corrected chi connectivity index (χ3v) is 5.77. The summed E-state index contributed by atoms with van der Waals surface area (Å²) in [6.45, 7) is 3.44. The van der Waals surface area contributed by atoms with Crippen LogP contribution in [-0.2, 0) is 19.0 Å². The maximum atomic E-state index is 14.9. The van der Waals surface area contributed by atoms with Crippen molar-refractivity contribution >= 4 is 5.91 Å². The molecule has 1 atom stereocenters. The van der Waals surface area contributed by atoms with Gasteiger partial charge >= 0.3 is 6.18 Å². The number of aromatic nitrogens is 2. The SMILES string of the molecule is Cc1ccc(C(F)CNC(=O)c2c(Oc3cccc(C(F)(F)F)c3)nnc3c2CCC3)c(C)c1. The van der Waals surface area contributed by atoms with Crippen LogP contribution in [0.25, 0.3) is 0 Å². The summed E-state index contributed by atoms with van der Waals surface area (Å²) in [6, 6.07) is 9.65. The second-order valence-electron chi connectivity index (χ2n) is 8.32. The van der Waals surface area contributed by atoms with Crippen LogP contribution in [0.2, 0.25) is 0 Å². The molecule has 2 aromatic carbocycles. The van der Waals surface area contributed by atoms with Crippen LogP contribution in [0.15, 0.2) is 42.5 Å². The lowest BCUT2D eigenvalue weighted by atomic mass is 10.0. The van der Waals surface area contributed by atoms with E-state index in [1.54, 1.807) is 19.1 Å². The molecule has 1 N–H and O–H groups in total. The Morgan fingerprint density at radius 3 is 2.65 bits per heavy atom. The largest absolute Gasteiger partial charge is 0.437 e. The van der Waals surface area contributed by atoms with E-state index in [0.717, 1.165) is 29.7 Å². The zero-order valence-corrected chi connectivity index (χ0v) is 18.7. The Morgan fingerprint density at radius 1 is 1.12 bits per heavy atom. The first-order valence-electron chi connectivity index (χ1n) is 10.9. The second kappa shape index (κ2) is 9.40. The number of amides is 1. The lowest BCUT2D eigenvalue weighted by Crippen LogP contribution is -2.29. The molecule has 1 aromatic heterocycles. The molecule has 5 nitrogen and oxygen atoms in total. The predicted molar refractivity (Wildman–Crippen MR) is 118 cm³/mol. The van der Waals surface area contributed by atoms with E-state index in [0.29, 0.717) is 29.7 Å². The fourth-order valence-electron chi connectivity index (χ4n) is 4.10. The second-order valence-corrected chi connectivity index (χ2v) is 8.32. The van der Waals surface area contributed by atoms with Crippen LogP contribution >= 0.6 is 0 Å². The normalized spacial score (nSPS) is 13.9. The standard InChI is InChI=1S/C25H23F4N3O2/c1-14-9-10-18(15(2)11-14)20(26)13-30-23(33)22-19-7-4-8-21(19)31-32-24(22)34-17-6-3-5-16(12-17)25(27,28)29/h3,5-6,9-12,20H,4,7-8,13H2,1-2H3,(H,30,33). The number of hydrogen-bond donors (Lipinski definition) is 1. The van der Waals surface area contributed by atoms with E-state index in [2.05, 4.69) is 15.5 Å². The van der Waals surface area contributed by atoms with Gasteiger partial charge in [-0.2, -0.15) is 18.3 Å². The van der Waals surface area contributed by atoms with Crippen LogP contribution in [0.1, 0.15) is 56.5 Å². The molecule has 0 fully saturated rings. The van der Waals surface area contributed by atoms with Crippen molar-refractivity contribution in [3.05, 3.63) is 81.5 Å². The van der Waals surface area contributed by atoms with Crippen LogP contribution in [0.4, 0.5) is 17.6 Å². The van der Waals surface area contributed by atoms with Gasteiger partial charge in [0, 0.05) is 0 Å². The molecule has 0 saturated carbocycles. The summed E-state index contributed by atoms with van der Waals surface area (Å²) in [5.41, 5.74) is 2.70. The third kappa shape index (κ3) is 5.03. The molecule has 178 valence electrons. The molecule has 0 saturated heterocycles. The minimum absolute atomic E-state index is 0.0766. The first-order valence-corrected chi connectivity index (χ1v) is 10.9. The number of nitrogens with one attached hydrogen (secondary N) is 1. The fraction of sp³-hybridized carbons (Fsp3) is 0.320. The van der Waals surface area contributed by atoms with Gasteiger partial charge in [-0.1, -0.05) is 29.8 Å². The number of benzene rings is 2. The molecule has 4 rings (SSSR count). The van der Waals surface area contributed by atoms with E-state index < -0.39 is 23.8 Å². The highest BCUT2D eigenvalue weighted by atomic mass is 19.4. The number of alkyl halides is 4. The average molecular weight is 473 g/mol. The summed E-state index contributed by atoms with van der Waals surface area (Å²) in [7, 11) is 0. The number of nitrogens with zero attached hydrogens (tertiary/aromatic N) is 2. The molecule has 1 unspecified atom stereocenters. The van der Waals surface area contributed by atoms with Crippen molar-refractivity contribution in [2.45, 2.75) is 45.5 Å². The van der Waals surface area contributed by atoms with E-state index in [4.69, 9.17) is 4.74 Å². The van der Waals surface area contributed by atoms with Crippen molar-refractivity contribution in [2.75, 3.05) is 6.54 Å². The summed E-state index contributed by atoms with van der Waals surface area (Å²) in [6.07, 6.45) is -4.05. The minimum atomic E-state index is -4.55. The van der Waals surface area contributed by atoms with Gasteiger partial charge in [-0.15, -0.1) is 5.10 Å². The lowest BCUT2D eigenvalue weighted by Gasteiger charge is -2.16. The van der Waals surface area contributed by atoms with Crippen LogP contribution in [-0.4, -0.2) is 22.6 Å². The Bertz CT molecular complexity index is 1230. The molecular formula is C25H23F4N3O2. The first-order chi connectivity index (χ1) is 16.1. The molecule has 1 amide bonds. The Hall–Kier alpha value is -3.49. The quantitative estimate of drug-likeness (QED) is 0.458. The summed E-state index contributed by atoms with van der Waals surface area (Å²) in [5.74, 6) is -0.948. The molecule has 9 heteroatoms. The minimum Gasteiger partial charge on any atom is -0.437 e. The van der Waals surface area contributed by atoms with E-state index in [1.165, 1.54) is 12.1 Å². The molecule has 1 aliphatic rings. The number of halogens is 4. The van der Waals surface area contributed by atoms with Crippen LogP contribution in [0.3, 0.4) is 0 Å². The van der Waals surface area contributed by atoms with Gasteiger partial charge in [0.1, 0.15) is 17.5 Å². The number of ether oxygens (including phenoxy) is 1. The molecule has 0 spiro atoms.